The molecule has 1 aliphatic carbocycles. The maximum Gasteiger partial charge on any atom is 0.301 e. The SMILES string of the molecule is Cn1cc(-c2cc(NS(=O)(=O)N3CCOCC3)cc3c2NC(=O)C32CCC2)cn1. The van der Waals surface area contributed by atoms with Crippen LogP contribution in [0.15, 0.2) is 24.5 Å². The summed E-state index contributed by atoms with van der Waals surface area (Å²) < 4.78 is 36.8. The summed E-state index contributed by atoms with van der Waals surface area (Å²) in [7, 11) is -1.89. The minimum absolute atomic E-state index is 0.00271. The lowest BCUT2D eigenvalue weighted by Gasteiger charge is -2.36. The van der Waals surface area contributed by atoms with Crippen LogP contribution in [-0.4, -0.2) is 54.7 Å². The van der Waals surface area contributed by atoms with Gasteiger partial charge in [0, 0.05) is 37.5 Å². The average Bonchev–Trinajstić information content (AvgIpc) is 3.21. The summed E-state index contributed by atoms with van der Waals surface area (Å²) in [5.41, 5.74) is 3.14. The fourth-order valence-corrected chi connectivity index (χ4v) is 5.56. The third-order valence-electron chi connectivity index (χ3n) is 6.11. The molecule has 0 bridgehead atoms. The van der Waals surface area contributed by atoms with Crippen LogP contribution >= 0.6 is 0 Å². The topological polar surface area (TPSA) is 106 Å². The second kappa shape index (κ2) is 6.54. The number of nitrogens with one attached hydrogen (secondary N) is 2. The predicted molar refractivity (Wildman–Crippen MR) is 108 cm³/mol. The lowest BCUT2D eigenvalue weighted by molar-refractivity contribution is -0.123. The number of amides is 1. The fraction of sp³-hybridized carbons (Fsp3) is 0.474. The second-order valence-corrected chi connectivity index (χ2v) is 9.53. The van der Waals surface area contributed by atoms with Crippen LogP contribution in [0.2, 0.25) is 0 Å². The normalized spacial score (nSPS) is 20.9. The van der Waals surface area contributed by atoms with E-state index in [1.807, 2.05) is 19.3 Å². The molecule has 3 heterocycles. The molecule has 0 radical (unpaired) electrons. The van der Waals surface area contributed by atoms with Crippen molar-refractivity contribution in [2.45, 2.75) is 24.7 Å². The molecule has 0 unspecified atom stereocenters. The molecule has 1 saturated heterocycles. The smallest absolute Gasteiger partial charge is 0.301 e. The highest BCUT2D eigenvalue weighted by molar-refractivity contribution is 7.90. The Morgan fingerprint density at radius 2 is 2.00 bits per heavy atom. The van der Waals surface area contributed by atoms with Gasteiger partial charge in [0.2, 0.25) is 5.91 Å². The molecule has 1 spiro atoms. The molecule has 2 fully saturated rings. The van der Waals surface area contributed by atoms with Crippen molar-refractivity contribution in [3.05, 3.63) is 30.1 Å². The maximum atomic E-state index is 12.9. The van der Waals surface area contributed by atoms with Crippen molar-refractivity contribution in [3.8, 4) is 11.1 Å². The summed E-state index contributed by atoms with van der Waals surface area (Å²) in [6.07, 6.45) is 6.11. The number of rotatable bonds is 4. The Kier molecular flexibility index (Phi) is 4.19. The Balaban J connectivity index is 1.59. The number of carbonyl (C=O) groups is 1. The summed E-state index contributed by atoms with van der Waals surface area (Å²) in [5, 5.41) is 7.27. The van der Waals surface area contributed by atoms with Gasteiger partial charge in [-0.05, 0) is 30.5 Å². The largest absolute Gasteiger partial charge is 0.379 e. The molecule has 2 aliphatic heterocycles. The lowest BCUT2D eigenvalue weighted by Crippen LogP contribution is -2.43. The summed E-state index contributed by atoms with van der Waals surface area (Å²) in [4.78, 5) is 12.8. The Hall–Kier alpha value is -2.43. The van der Waals surface area contributed by atoms with Crippen LogP contribution < -0.4 is 10.0 Å². The minimum Gasteiger partial charge on any atom is -0.379 e. The molecule has 2 N–H and O–H groups in total. The predicted octanol–water partition coefficient (Wildman–Crippen LogP) is 1.45. The average molecular weight is 417 g/mol. The first kappa shape index (κ1) is 18.6. The number of hydrogen-bond donors (Lipinski definition) is 2. The number of fused-ring (bicyclic) bond motifs is 2. The van der Waals surface area contributed by atoms with Gasteiger partial charge in [-0.15, -0.1) is 0 Å². The molecule has 1 aromatic heterocycles. The quantitative estimate of drug-likeness (QED) is 0.783. The number of aromatic nitrogens is 2. The molecule has 1 amide bonds. The van der Waals surface area contributed by atoms with Gasteiger partial charge >= 0.3 is 10.2 Å². The van der Waals surface area contributed by atoms with Crippen LogP contribution in [0.4, 0.5) is 11.4 Å². The van der Waals surface area contributed by atoms with Gasteiger partial charge < -0.3 is 10.1 Å². The van der Waals surface area contributed by atoms with E-state index in [1.54, 1.807) is 16.9 Å². The number of nitrogens with zero attached hydrogens (tertiary/aromatic N) is 3. The van der Waals surface area contributed by atoms with Crippen molar-refractivity contribution < 1.29 is 17.9 Å². The molecule has 0 atom stereocenters. The van der Waals surface area contributed by atoms with E-state index in [1.165, 1.54) is 4.31 Å². The molecule has 29 heavy (non-hydrogen) atoms. The van der Waals surface area contributed by atoms with Crippen LogP contribution in [-0.2, 0) is 32.2 Å². The standard InChI is InChI=1S/C19H23N5O4S/c1-23-12-13(11-20-23)15-9-14(22-29(26,27)24-5-7-28-8-6-24)10-16-17(15)21-18(25)19(16)3-2-4-19/h9-12,22H,2-8H2,1H3,(H,21,25). The number of benzene rings is 1. The van der Waals surface area contributed by atoms with Gasteiger partial charge in [0.05, 0.1) is 36.2 Å². The Bertz CT molecular complexity index is 1080. The van der Waals surface area contributed by atoms with E-state index in [-0.39, 0.29) is 5.91 Å². The summed E-state index contributed by atoms with van der Waals surface area (Å²) in [5.74, 6) is -0.00271. The van der Waals surface area contributed by atoms with Crippen molar-refractivity contribution >= 4 is 27.5 Å². The Labute approximate surface area is 169 Å². The molecular formula is C19H23N5O4S. The van der Waals surface area contributed by atoms with Crippen molar-refractivity contribution in [1.29, 1.82) is 0 Å². The van der Waals surface area contributed by atoms with Gasteiger partial charge in [0.15, 0.2) is 0 Å². The summed E-state index contributed by atoms with van der Waals surface area (Å²) >= 11 is 0. The Morgan fingerprint density at radius 1 is 1.24 bits per heavy atom. The number of carbonyl (C=O) groups excluding carboxylic acids is 1. The maximum absolute atomic E-state index is 12.9. The molecular weight excluding hydrogens is 394 g/mol. The van der Waals surface area contributed by atoms with Gasteiger partial charge in [0.1, 0.15) is 0 Å². The minimum atomic E-state index is -3.71. The highest BCUT2D eigenvalue weighted by Crippen LogP contribution is 2.54. The van der Waals surface area contributed by atoms with E-state index in [0.717, 1.165) is 41.6 Å². The molecule has 2 aromatic rings. The number of ether oxygens (including phenoxy) is 1. The zero-order valence-electron chi connectivity index (χ0n) is 16.1. The van der Waals surface area contributed by atoms with E-state index < -0.39 is 15.6 Å². The summed E-state index contributed by atoms with van der Waals surface area (Å²) in [6, 6.07) is 3.58. The van der Waals surface area contributed by atoms with Crippen LogP contribution in [0.1, 0.15) is 24.8 Å². The van der Waals surface area contributed by atoms with Gasteiger partial charge in [-0.2, -0.15) is 17.8 Å². The van der Waals surface area contributed by atoms with Crippen LogP contribution in [0.5, 0.6) is 0 Å². The first-order valence-electron chi connectivity index (χ1n) is 9.74. The van der Waals surface area contributed by atoms with E-state index in [0.29, 0.717) is 32.0 Å². The first-order valence-corrected chi connectivity index (χ1v) is 11.2. The van der Waals surface area contributed by atoms with Gasteiger partial charge in [-0.1, -0.05) is 6.42 Å². The second-order valence-electron chi connectivity index (χ2n) is 7.86. The van der Waals surface area contributed by atoms with E-state index in [2.05, 4.69) is 15.1 Å². The Morgan fingerprint density at radius 3 is 2.62 bits per heavy atom. The van der Waals surface area contributed by atoms with Gasteiger partial charge in [0.25, 0.3) is 0 Å². The van der Waals surface area contributed by atoms with E-state index in [9.17, 15) is 13.2 Å². The van der Waals surface area contributed by atoms with Crippen molar-refractivity contribution in [2.75, 3.05) is 36.3 Å². The van der Waals surface area contributed by atoms with E-state index in [4.69, 9.17) is 4.74 Å². The third-order valence-corrected chi connectivity index (χ3v) is 7.65. The van der Waals surface area contributed by atoms with Crippen molar-refractivity contribution in [3.63, 3.8) is 0 Å². The van der Waals surface area contributed by atoms with Gasteiger partial charge in [-0.25, -0.2) is 0 Å². The van der Waals surface area contributed by atoms with Crippen molar-refractivity contribution in [1.82, 2.24) is 14.1 Å². The molecule has 3 aliphatic rings. The number of morpholine rings is 1. The van der Waals surface area contributed by atoms with Crippen molar-refractivity contribution in [2.24, 2.45) is 7.05 Å². The first-order chi connectivity index (χ1) is 13.9. The lowest BCUT2D eigenvalue weighted by atomic mass is 9.65. The molecule has 5 rings (SSSR count). The zero-order chi connectivity index (χ0) is 20.2. The zero-order valence-corrected chi connectivity index (χ0v) is 17.0. The van der Waals surface area contributed by atoms with Crippen LogP contribution in [0.3, 0.4) is 0 Å². The molecule has 1 aromatic carbocycles. The fourth-order valence-electron chi connectivity index (χ4n) is 4.38. The molecule has 1 saturated carbocycles. The highest BCUT2D eigenvalue weighted by atomic mass is 32.2. The third kappa shape index (κ3) is 2.93. The van der Waals surface area contributed by atoms with Gasteiger partial charge in [-0.3, -0.25) is 14.2 Å². The molecule has 9 nitrogen and oxygen atoms in total. The number of hydrogen-bond acceptors (Lipinski definition) is 5. The molecule has 154 valence electrons. The van der Waals surface area contributed by atoms with E-state index >= 15 is 0 Å². The summed E-state index contributed by atoms with van der Waals surface area (Å²) in [6.45, 7) is 1.40. The van der Waals surface area contributed by atoms with Crippen LogP contribution in [0, 0.1) is 0 Å². The number of anilines is 2. The number of aryl methyl sites for hydroxylation is 1. The highest BCUT2D eigenvalue weighted by Gasteiger charge is 2.52. The van der Waals surface area contributed by atoms with Crippen LogP contribution in [0.25, 0.3) is 11.1 Å². The monoisotopic (exact) mass is 417 g/mol. The molecule has 10 heteroatoms.